The standard InChI is InChI=1S/C20H23N7O2/c1-2-29-17-6-4-3-5-16(17)25-20(28)15-7-9-26(10-8-15)18-11-19(23-13-22-18)27-14-21-12-24-27/h3-6,11-15H,2,7-10H2,1H3,(H,25,28). The molecule has 0 aliphatic carbocycles. The molecule has 0 radical (unpaired) electrons. The first-order valence-electron chi connectivity index (χ1n) is 9.69. The molecule has 1 amide bonds. The molecule has 150 valence electrons. The third-order valence-corrected chi connectivity index (χ3v) is 4.93. The molecule has 9 nitrogen and oxygen atoms in total. The number of anilines is 2. The van der Waals surface area contributed by atoms with E-state index in [9.17, 15) is 4.79 Å². The number of rotatable bonds is 6. The maximum atomic E-state index is 12.7. The van der Waals surface area contributed by atoms with Crippen LogP contribution in [-0.4, -0.2) is 50.3 Å². The van der Waals surface area contributed by atoms with E-state index in [0.717, 1.165) is 37.4 Å². The monoisotopic (exact) mass is 393 g/mol. The maximum Gasteiger partial charge on any atom is 0.227 e. The quantitative estimate of drug-likeness (QED) is 0.686. The van der Waals surface area contributed by atoms with Gasteiger partial charge in [-0.25, -0.2) is 19.6 Å². The van der Waals surface area contributed by atoms with Crippen molar-refractivity contribution in [2.75, 3.05) is 29.9 Å². The summed E-state index contributed by atoms with van der Waals surface area (Å²) in [5.74, 6) is 2.17. The molecular formula is C20H23N7O2. The Morgan fingerprint density at radius 2 is 1.97 bits per heavy atom. The van der Waals surface area contributed by atoms with Crippen LogP contribution >= 0.6 is 0 Å². The predicted molar refractivity (Wildman–Crippen MR) is 108 cm³/mol. The van der Waals surface area contributed by atoms with Crippen LogP contribution in [0.2, 0.25) is 0 Å². The molecule has 2 aromatic heterocycles. The number of aromatic nitrogens is 5. The number of benzene rings is 1. The van der Waals surface area contributed by atoms with Gasteiger partial charge in [0.2, 0.25) is 5.91 Å². The molecule has 0 saturated carbocycles. The van der Waals surface area contributed by atoms with Crippen LogP contribution in [0.1, 0.15) is 19.8 Å². The van der Waals surface area contributed by atoms with Crippen molar-refractivity contribution in [3.8, 4) is 11.6 Å². The molecule has 1 aliphatic rings. The molecule has 1 saturated heterocycles. The highest BCUT2D eigenvalue weighted by molar-refractivity contribution is 5.94. The Hall–Kier alpha value is -3.49. The number of hydrogen-bond donors (Lipinski definition) is 1. The number of para-hydroxylation sites is 2. The van der Waals surface area contributed by atoms with Crippen molar-refractivity contribution in [2.45, 2.75) is 19.8 Å². The lowest BCUT2D eigenvalue weighted by molar-refractivity contribution is -0.120. The molecule has 1 aromatic carbocycles. The number of carbonyl (C=O) groups is 1. The van der Waals surface area contributed by atoms with Gasteiger partial charge in [-0.15, -0.1) is 0 Å². The molecular weight excluding hydrogens is 370 g/mol. The zero-order valence-corrected chi connectivity index (χ0v) is 16.2. The lowest BCUT2D eigenvalue weighted by Gasteiger charge is -2.32. The van der Waals surface area contributed by atoms with Gasteiger partial charge >= 0.3 is 0 Å². The van der Waals surface area contributed by atoms with Crippen LogP contribution in [0.25, 0.3) is 5.82 Å². The summed E-state index contributed by atoms with van der Waals surface area (Å²) in [5.41, 5.74) is 0.718. The van der Waals surface area contributed by atoms with Crippen molar-refractivity contribution in [1.29, 1.82) is 0 Å². The summed E-state index contributed by atoms with van der Waals surface area (Å²) < 4.78 is 7.19. The van der Waals surface area contributed by atoms with Gasteiger partial charge in [0.25, 0.3) is 0 Å². The van der Waals surface area contributed by atoms with E-state index in [-0.39, 0.29) is 11.8 Å². The number of piperidine rings is 1. The lowest BCUT2D eigenvalue weighted by Crippen LogP contribution is -2.38. The minimum atomic E-state index is -0.0439. The van der Waals surface area contributed by atoms with Crippen LogP contribution in [0, 0.1) is 5.92 Å². The second-order valence-corrected chi connectivity index (χ2v) is 6.75. The molecule has 1 N–H and O–H groups in total. The van der Waals surface area contributed by atoms with E-state index in [1.54, 1.807) is 11.0 Å². The van der Waals surface area contributed by atoms with Gasteiger partial charge in [0.05, 0.1) is 12.3 Å². The fraction of sp³-hybridized carbons (Fsp3) is 0.350. The van der Waals surface area contributed by atoms with Crippen molar-refractivity contribution in [1.82, 2.24) is 24.7 Å². The molecule has 1 aliphatic heterocycles. The summed E-state index contributed by atoms with van der Waals surface area (Å²) in [6.45, 7) is 3.98. The first-order chi connectivity index (χ1) is 14.2. The highest BCUT2D eigenvalue weighted by Gasteiger charge is 2.26. The molecule has 0 bridgehead atoms. The zero-order valence-electron chi connectivity index (χ0n) is 16.2. The highest BCUT2D eigenvalue weighted by atomic mass is 16.5. The van der Waals surface area contributed by atoms with E-state index in [0.29, 0.717) is 18.2 Å². The zero-order chi connectivity index (χ0) is 20.1. The molecule has 3 aromatic rings. The van der Waals surface area contributed by atoms with Crippen LogP contribution in [-0.2, 0) is 4.79 Å². The van der Waals surface area contributed by atoms with Crippen LogP contribution < -0.4 is 15.0 Å². The average Bonchev–Trinajstić information content (AvgIpc) is 3.31. The number of amides is 1. The van der Waals surface area contributed by atoms with Gasteiger partial charge in [-0.3, -0.25) is 4.79 Å². The van der Waals surface area contributed by atoms with Crippen LogP contribution in [0.15, 0.2) is 49.3 Å². The number of hydrogen-bond acceptors (Lipinski definition) is 7. The third kappa shape index (κ3) is 4.34. The average molecular weight is 393 g/mol. The molecule has 3 heterocycles. The van der Waals surface area contributed by atoms with Crippen molar-refractivity contribution in [3.63, 3.8) is 0 Å². The van der Waals surface area contributed by atoms with Crippen molar-refractivity contribution >= 4 is 17.4 Å². The smallest absolute Gasteiger partial charge is 0.227 e. The highest BCUT2D eigenvalue weighted by Crippen LogP contribution is 2.27. The van der Waals surface area contributed by atoms with Gasteiger partial charge in [-0.1, -0.05) is 12.1 Å². The predicted octanol–water partition coefficient (Wildman–Crippen LogP) is 2.31. The van der Waals surface area contributed by atoms with Gasteiger partial charge in [0.15, 0.2) is 5.82 Å². The summed E-state index contributed by atoms with van der Waals surface area (Å²) >= 11 is 0. The summed E-state index contributed by atoms with van der Waals surface area (Å²) in [4.78, 5) is 27.5. The second kappa shape index (κ2) is 8.68. The summed E-state index contributed by atoms with van der Waals surface area (Å²) in [6.07, 6.45) is 6.10. The minimum Gasteiger partial charge on any atom is -0.492 e. The SMILES string of the molecule is CCOc1ccccc1NC(=O)C1CCN(c2cc(-n3cncn3)ncn2)CC1. The summed E-state index contributed by atoms with van der Waals surface area (Å²) in [5, 5.41) is 7.12. The molecule has 0 spiro atoms. The van der Waals surface area contributed by atoms with Gasteiger partial charge in [0.1, 0.15) is 30.5 Å². The molecule has 0 atom stereocenters. The Morgan fingerprint density at radius 3 is 2.72 bits per heavy atom. The molecule has 1 fully saturated rings. The number of ether oxygens (including phenoxy) is 1. The van der Waals surface area contributed by atoms with E-state index in [1.807, 2.05) is 37.3 Å². The fourth-order valence-electron chi connectivity index (χ4n) is 3.42. The Morgan fingerprint density at radius 1 is 1.17 bits per heavy atom. The first kappa shape index (κ1) is 18.9. The molecule has 4 rings (SSSR count). The number of carbonyl (C=O) groups excluding carboxylic acids is 1. The van der Waals surface area contributed by atoms with Crippen molar-refractivity contribution < 1.29 is 9.53 Å². The lowest BCUT2D eigenvalue weighted by atomic mass is 9.95. The minimum absolute atomic E-state index is 0.0304. The van der Waals surface area contributed by atoms with E-state index in [4.69, 9.17) is 4.74 Å². The second-order valence-electron chi connectivity index (χ2n) is 6.75. The van der Waals surface area contributed by atoms with Crippen LogP contribution in [0.4, 0.5) is 11.5 Å². The van der Waals surface area contributed by atoms with E-state index < -0.39 is 0 Å². The molecule has 0 unspecified atom stereocenters. The Bertz CT molecular complexity index is 953. The fourth-order valence-corrected chi connectivity index (χ4v) is 3.42. The normalized spacial score (nSPS) is 14.6. The van der Waals surface area contributed by atoms with Crippen molar-refractivity contribution in [2.24, 2.45) is 5.92 Å². The summed E-state index contributed by atoms with van der Waals surface area (Å²) in [6, 6.07) is 9.40. The molecule has 29 heavy (non-hydrogen) atoms. The topological polar surface area (TPSA) is 98.1 Å². The Labute approximate surface area is 168 Å². The van der Waals surface area contributed by atoms with Gasteiger partial charge in [0, 0.05) is 25.1 Å². The Kier molecular flexibility index (Phi) is 5.64. The largest absolute Gasteiger partial charge is 0.492 e. The first-order valence-corrected chi connectivity index (χ1v) is 9.69. The van der Waals surface area contributed by atoms with Crippen LogP contribution in [0.3, 0.4) is 0 Å². The number of nitrogens with one attached hydrogen (secondary N) is 1. The van der Waals surface area contributed by atoms with E-state index >= 15 is 0 Å². The van der Waals surface area contributed by atoms with E-state index in [2.05, 4.69) is 30.3 Å². The summed E-state index contributed by atoms with van der Waals surface area (Å²) in [7, 11) is 0. The van der Waals surface area contributed by atoms with Crippen LogP contribution in [0.5, 0.6) is 5.75 Å². The van der Waals surface area contributed by atoms with E-state index in [1.165, 1.54) is 12.7 Å². The number of nitrogens with zero attached hydrogens (tertiary/aromatic N) is 6. The Balaban J connectivity index is 1.37. The van der Waals surface area contributed by atoms with Crippen molar-refractivity contribution in [3.05, 3.63) is 49.3 Å². The van der Waals surface area contributed by atoms with Gasteiger partial charge in [-0.05, 0) is 31.9 Å². The third-order valence-electron chi connectivity index (χ3n) is 4.93. The van der Waals surface area contributed by atoms with Gasteiger partial charge < -0.3 is 15.0 Å². The molecule has 9 heteroatoms. The maximum absolute atomic E-state index is 12.7. The van der Waals surface area contributed by atoms with Gasteiger partial charge in [-0.2, -0.15) is 5.10 Å².